The van der Waals surface area contributed by atoms with Crippen molar-refractivity contribution in [3.8, 4) is 5.75 Å². The van der Waals surface area contributed by atoms with Crippen LogP contribution in [0.5, 0.6) is 5.75 Å². The van der Waals surface area contributed by atoms with Crippen LogP contribution >= 0.6 is 0 Å². The Labute approximate surface area is 92.6 Å². The van der Waals surface area contributed by atoms with E-state index < -0.39 is 11.4 Å². The molecule has 1 aliphatic carbocycles. The maximum absolute atomic E-state index is 12.9. The Bertz CT molecular complexity index is 430. The number of nitrogens with two attached hydrogens (primary N) is 1. The van der Waals surface area contributed by atoms with E-state index in [4.69, 9.17) is 10.5 Å². The monoisotopic (exact) mass is 224 g/mol. The maximum Gasteiger partial charge on any atom is 0.244 e. The molecule has 1 aromatic carbocycles. The summed E-state index contributed by atoms with van der Waals surface area (Å²) >= 11 is 0. The Balaban J connectivity index is 2.17. The van der Waals surface area contributed by atoms with Gasteiger partial charge in [-0.1, -0.05) is 0 Å². The normalized spacial score (nSPS) is 16.7. The number of amides is 1. The van der Waals surface area contributed by atoms with Gasteiger partial charge in [-0.2, -0.15) is 0 Å². The van der Waals surface area contributed by atoms with Gasteiger partial charge in [0.05, 0.1) is 18.3 Å². The minimum absolute atomic E-state index is 0.252. The molecule has 16 heavy (non-hydrogen) atoms. The minimum atomic E-state index is -0.751. The number of ether oxygens (including phenoxy) is 1. The molecule has 0 heterocycles. The highest BCUT2D eigenvalue weighted by Crippen LogP contribution is 2.34. The zero-order valence-corrected chi connectivity index (χ0v) is 8.92. The highest BCUT2D eigenvalue weighted by molar-refractivity contribution is 6.00. The van der Waals surface area contributed by atoms with Gasteiger partial charge < -0.3 is 15.8 Å². The summed E-state index contributed by atoms with van der Waals surface area (Å²) in [6, 6.07) is 3.93. The molecule has 1 aliphatic rings. The number of hydrogen-bond donors (Lipinski definition) is 2. The first-order valence-corrected chi connectivity index (χ1v) is 4.99. The third kappa shape index (κ3) is 1.99. The fraction of sp³-hybridized carbons (Fsp3) is 0.364. The number of methoxy groups -OCH3 is 1. The first-order chi connectivity index (χ1) is 7.55. The van der Waals surface area contributed by atoms with Gasteiger partial charge in [0.25, 0.3) is 0 Å². The van der Waals surface area contributed by atoms with Crippen LogP contribution in [0.25, 0.3) is 0 Å². The third-order valence-electron chi connectivity index (χ3n) is 2.65. The molecule has 5 heteroatoms. The smallest absolute Gasteiger partial charge is 0.244 e. The molecule has 1 fully saturated rings. The standard InChI is InChI=1S/C11H13FN2O2/c1-16-9-6-7(12)2-3-8(9)14-10(15)11(13)4-5-11/h2-3,6H,4-5,13H2,1H3,(H,14,15). The number of carbonyl (C=O) groups excluding carboxylic acids is 1. The molecule has 1 amide bonds. The van der Waals surface area contributed by atoms with Crippen molar-refractivity contribution < 1.29 is 13.9 Å². The molecule has 4 nitrogen and oxygen atoms in total. The van der Waals surface area contributed by atoms with Gasteiger partial charge in [0.1, 0.15) is 11.6 Å². The minimum Gasteiger partial charge on any atom is -0.494 e. The van der Waals surface area contributed by atoms with Crippen molar-refractivity contribution in [3.63, 3.8) is 0 Å². The van der Waals surface area contributed by atoms with E-state index in [9.17, 15) is 9.18 Å². The Kier molecular flexibility index (Phi) is 2.55. The highest BCUT2D eigenvalue weighted by Gasteiger charge is 2.46. The molecule has 0 aromatic heterocycles. The van der Waals surface area contributed by atoms with Gasteiger partial charge in [0.2, 0.25) is 5.91 Å². The summed E-state index contributed by atoms with van der Waals surface area (Å²) in [7, 11) is 1.42. The molecule has 0 spiro atoms. The van der Waals surface area contributed by atoms with Crippen LogP contribution in [0.4, 0.5) is 10.1 Å². The fourth-order valence-electron chi connectivity index (χ4n) is 1.38. The molecular weight excluding hydrogens is 211 g/mol. The number of hydrogen-bond acceptors (Lipinski definition) is 3. The van der Waals surface area contributed by atoms with Crippen LogP contribution in [0.2, 0.25) is 0 Å². The number of nitrogens with one attached hydrogen (secondary N) is 1. The summed E-state index contributed by atoms with van der Waals surface area (Å²) in [6.45, 7) is 0. The first-order valence-electron chi connectivity index (χ1n) is 4.99. The van der Waals surface area contributed by atoms with Crippen LogP contribution in [0, 0.1) is 5.82 Å². The Morgan fingerprint density at radius 3 is 2.81 bits per heavy atom. The van der Waals surface area contributed by atoms with Crippen molar-refractivity contribution in [2.24, 2.45) is 5.73 Å². The van der Waals surface area contributed by atoms with Gasteiger partial charge in [0.15, 0.2) is 0 Å². The summed E-state index contributed by atoms with van der Waals surface area (Å²) in [4.78, 5) is 11.7. The second-order valence-electron chi connectivity index (χ2n) is 3.95. The van der Waals surface area contributed by atoms with Crippen LogP contribution < -0.4 is 15.8 Å². The zero-order chi connectivity index (χ0) is 11.8. The predicted octanol–water partition coefficient (Wildman–Crippen LogP) is 1.26. The molecule has 0 unspecified atom stereocenters. The second kappa shape index (κ2) is 3.75. The van der Waals surface area contributed by atoms with Gasteiger partial charge in [-0.15, -0.1) is 0 Å². The lowest BCUT2D eigenvalue weighted by atomic mass is 10.2. The molecule has 0 saturated heterocycles. The summed E-state index contributed by atoms with van der Waals surface area (Å²) in [5.41, 5.74) is 5.42. The summed E-state index contributed by atoms with van der Waals surface area (Å²) in [5, 5.41) is 2.64. The number of anilines is 1. The first kappa shape index (κ1) is 10.9. The number of benzene rings is 1. The molecule has 0 radical (unpaired) electrons. The van der Waals surface area contributed by atoms with E-state index in [0.717, 1.165) is 0 Å². The van der Waals surface area contributed by atoms with Crippen molar-refractivity contribution >= 4 is 11.6 Å². The molecule has 0 bridgehead atoms. The van der Waals surface area contributed by atoms with Crippen LogP contribution in [0.1, 0.15) is 12.8 Å². The van der Waals surface area contributed by atoms with Crippen molar-refractivity contribution in [2.75, 3.05) is 12.4 Å². The Morgan fingerprint density at radius 1 is 1.56 bits per heavy atom. The van der Waals surface area contributed by atoms with Crippen LogP contribution in [0.3, 0.4) is 0 Å². The largest absolute Gasteiger partial charge is 0.494 e. The van der Waals surface area contributed by atoms with E-state index in [1.165, 1.54) is 25.3 Å². The van der Waals surface area contributed by atoms with Crippen molar-refractivity contribution in [1.29, 1.82) is 0 Å². The lowest BCUT2D eigenvalue weighted by Crippen LogP contribution is -2.37. The molecule has 1 aromatic rings. The van der Waals surface area contributed by atoms with Gasteiger partial charge in [-0.05, 0) is 25.0 Å². The van der Waals surface area contributed by atoms with Crippen molar-refractivity contribution in [3.05, 3.63) is 24.0 Å². The average Bonchev–Trinajstić information content (AvgIpc) is 3.00. The molecule has 0 aliphatic heterocycles. The van der Waals surface area contributed by atoms with E-state index in [2.05, 4.69) is 5.32 Å². The second-order valence-corrected chi connectivity index (χ2v) is 3.95. The fourth-order valence-corrected chi connectivity index (χ4v) is 1.38. The van der Waals surface area contributed by atoms with Crippen molar-refractivity contribution in [1.82, 2.24) is 0 Å². The van der Waals surface area contributed by atoms with E-state index in [1.54, 1.807) is 0 Å². The van der Waals surface area contributed by atoms with Gasteiger partial charge in [-0.3, -0.25) is 4.79 Å². The Hall–Kier alpha value is -1.62. The SMILES string of the molecule is COc1cc(F)ccc1NC(=O)C1(N)CC1. The van der Waals surface area contributed by atoms with Crippen LogP contribution in [-0.2, 0) is 4.79 Å². The lowest BCUT2D eigenvalue weighted by molar-refractivity contribution is -0.118. The molecule has 3 N–H and O–H groups in total. The summed E-state index contributed by atoms with van der Waals surface area (Å²) < 4.78 is 17.9. The number of carbonyl (C=O) groups is 1. The lowest BCUT2D eigenvalue weighted by Gasteiger charge is -2.13. The number of rotatable bonds is 3. The van der Waals surface area contributed by atoms with Crippen LogP contribution in [0.15, 0.2) is 18.2 Å². The topological polar surface area (TPSA) is 64.3 Å². The van der Waals surface area contributed by atoms with Crippen LogP contribution in [-0.4, -0.2) is 18.6 Å². The van der Waals surface area contributed by atoms with Gasteiger partial charge in [0, 0.05) is 6.07 Å². The quantitative estimate of drug-likeness (QED) is 0.812. The van der Waals surface area contributed by atoms with E-state index in [0.29, 0.717) is 18.5 Å². The number of halogens is 1. The predicted molar refractivity (Wildman–Crippen MR) is 57.7 cm³/mol. The van der Waals surface area contributed by atoms with Gasteiger partial charge in [-0.25, -0.2) is 4.39 Å². The maximum atomic E-state index is 12.9. The van der Waals surface area contributed by atoms with Gasteiger partial charge >= 0.3 is 0 Å². The molecule has 86 valence electrons. The Morgan fingerprint density at radius 2 is 2.25 bits per heavy atom. The van der Waals surface area contributed by atoms with E-state index >= 15 is 0 Å². The molecule has 0 atom stereocenters. The van der Waals surface area contributed by atoms with E-state index in [1.807, 2.05) is 0 Å². The molecule has 1 saturated carbocycles. The highest BCUT2D eigenvalue weighted by atomic mass is 19.1. The zero-order valence-electron chi connectivity index (χ0n) is 8.92. The molecular formula is C11H13FN2O2. The summed E-state index contributed by atoms with van der Waals surface area (Å²) in [5.74, 6) is -0.376. The van der Waals surface area contributed by atoms with Crippen molar-refractivity contribution in [2.45, 2.75) is 18.4 Å². The molecule has 2 rings (SSSR count). The van der Waals surface area contributed by atoms with E-state index in [-0.39, 0.29) is 11.7 Å². The average molecular weight is 224 g/mol. The third-order valence-corrected chi connectivity index (χ3v) is 2.65. The summed E-state index contributed by atoms with van der Waals surface area (Å²) in [6.07, 6.45) is 1.37.